The summed E-state index contributed by atoms with van der Waals surface area (Å²) in [5, 5.41) is 20.2. The molecule has 0 heterocycles. The van der Waals surface area contributed by atoms with Gasteiger partial charge in [-0.05, 0) is 37.5 Å². The van der Waals surface area contributed by atoms with E-state index in [1.54, 1.807) is 0 Å². The molecule has 0 spiro atoms. The van der Waals surface area contributed by atoms with E-state index in [9.17, 15) is 10.2 Å². The number of phenolic OH excluding ortho intramolecular Hbond substituents is 2. The number of hydrogen-bond acceptors (Lipinski definition) is 2. The Balaban J connectivity index is 2.69. The minimum absolute atomic E-state index is 0.228. The lowest BCUT2D eigenvalue weighted by atomic mass is 9.97. The molecule has 0 aliphatic carbocycles. The SMILES string of the molecule is Cc1ccc(-c2cccc(C)c2O)c(O)c1C. The van der Waals surface area contributed by atoms with Crippen LogP contribution in [-0.2, 0) is 0 Å². The van der Waals surface area contributed by atoms with E-state index in [1.807, 2.05) is 51.1 Å². The van der Waals surface area contributed by atoms with Crippen molar-refractivity contribution in [3.8, 4) is 22.6 Å². The van der Waals surface area contributed by atoms with Gasteiger partial charge in [0.25, 0.3) is 0 Å². The Morgan fingerprint density at radius 3 is 2.06 bits per heavy atom. The average Bonchev–Trinajstić information content (AvgIpc) is 2.31. The third kappa shape index (κ3) is 1.86. The van der Waals surface area contributed by atoms with Crippen molar-refractivity contribution in [2.24, 2.45) is 0 Å². The van der Waals surface area contributed by atoms with Gasteiger partial charge < -0.3 is 10.2 Å². The quantitative estimate of drug-likeness (QED) is 0.781. The van der Waals surface area contributed by atoms with Crippen LogP contribution < -0.4 is 0 Å². The Hall–Kier alpha value is -1.96. The molecular formula is C15H16O2. The maximum Gasteiger partial charge on any atom is 0.126 e. The summed E-state index contributed by atoms with van der Waals surface area (Å²) in [4.78, 5) is 0. The summed E-state index contributed by atoms with van der Waals surface area (Å²) in [7, 11) is 0. The predicted octanol–water partition coefficient (Wildman–Crippen LogP) is 3.69. The number of aromatic hydroxyl groups is 2. The lowest BCUT2D eigenvalue weighted by Gasteiger charge is -2.12. The number of phenols is 2. The Morgan fingerprint density at radius 2 is 1.35 bits per heavy atom. The summed E-state index contributed by atoms with van der Waals surface area (Å²) in [6.07, 6.45) is 0. The molecule has 0 aliphatic rings. The normalized spacial score (nSPS) is 10.5. The van der Waals surface area contributed by atoms with Crippen molar-refractivity contribution in [1.82, 2.24) is 0 Å². The van der Waals surface area contributed by atoms with Crippen LogP contribution in [-0.4, -0.2) is 10.2 Å². The molecule has 0 unspecified atom stereocenters. The molecular weight excluding hydrogens is 212 g/mol. The molecule has 0 aromatic heterocycles. The van der Waals surface area contributed by atoms with Crippen LogP contribution in [0, 0.1) is 20.8 Å². The van der Waals surface area contributed by atoms with Crippen molar-refractivity contribution in [2.75, 3.05) is 0 Å². The first-order valence-corrected chi connectivity index (χ1v) is 5.60. The molecule has 0 fully saturated rings. The smallest absolute Gasteiger partial charge is 0.126 e. The van der Waals surface area contributed by atoms with Crippen molar-refractivity contribution in [1.29, 1.82) is 0 Å². The third-order valence-corrected chi connectivity index (χ3v) is 3.23. The van der Waals surface area contributed by atoms with Crippen LogP contribution in [0.4, 0.5) is 0 Å². The fourth-order valence-electron chi connectivity index (χ4n) is 1.89. The van der Waals surface area contributed by atoms with E-state index >= 15 is 0 Å². The monoisotopic (exact) mass is 228 g/mol. The first-order chi connectivity index (χ1) is 8.02. The van der Waals surface area contributed by atoms with E-state index in [1.165, 1.54) is 0 Å². The number of aryl methyl sites for hydroxylation is 2. The molecule has 88 valence electrons. The topological polar surface area (TPSA) is 40.5 Å². The highest BCUT2D eigenvalue weighted by molar-refractivity contribution is 5.78. The van der Waals surface area contributed by atoms with Crippen LogP contribution in [0.1, 0.15) is 16.7 Å². The number of rotatable bonds is 1. The Kier molecular flexibility index (Phi) is 2.80. The van der Waals surface area contributed by atoms with Crippen molar-refractivity contribution in [3.05, 3.63) is 47.0 Å². The molecule has 0 saturated heterocycles. The summed E-state index contributed by atoms with van der Waals surface area (Å²) in [6, 6.07) is 9.32. The first-order valence-electron chi connectivity index (χ1n) is 5.60. The second-order valence-electron chi connectivity index (χ2n) is 4.37. The van der Waals surface area contributed by atoms with Crippen molar-refractivity contribution in [3.63, 3.8) is 0 Å². The Labute approximate surface area is 101 Å². The third-order valence-electron chi connectivity index (χ3n) is 3.23. The van der Waals surface area contributed by atoms with Crippen LogP contribution >= 0.6 is 0 Å². The zero-order valence-corrected chi connectivity index (χ0v) is 10.3. The summed E-state index contributed by atoms with van der Waals surface area (Å²) in [6.45, 7) is 5.67. The second-order valence-corrected chi connectivity index (χ2v) is 4.37. The molecule has 2 N–H and O–H groups in total. The molecule has 2 heteroatoms. The fraction of sp³-hybridized carbons (Fsp3) is 0.200. The van der Waals surface area contributed by atoms with Crippen molar-refractivity contribution >= 4 is 0 Å². The van der Waals surface area contributed by atoms with Crippen LogP contribution in [0.25, 0.3) is 11.1 Å². The maximum absolute atomic E-state index is 10.1. The molecule has 0 atom stereocenters. The maximum atomic E-state index is 10.1. The molecule has 2 rings (SSSR count). The van der Waals surface area contributed by atoms with Gasteiger partial charge in [-0.25, -0.2) is 0 Å². The molecule has 0 radical (unpaired) electrons. The lowest BCUT2D eigenvalue weighted by Crippen LogP contribution is -1.88. The van der Waals surface area contributed by atoms with E-state index in [0.717, 1.165) is 16.7 Å². The van der Waals surface area contributed by atoms with Gasteiger partial charge in [0.15, 0.2) is 0 Å². The van der Waals surface area contributed by atoms with E-state index in [4.69, 9.17) is 0 Å². The van der Waals surface area contributed by atoms with Crippen molar-refractivity contribution < 1.29 is 10.2 Å². The van der Waals surface area contributed by atoms with E-state index in [0.29, 0.717) is 11.1 Å². The van der Waals surface area contributed by atoms with Gasteiger partial charge in [-0.1, -0.05) is 30.3 Å². The molecule has 0 amide bonds. The minimum Gasteiger partial charge on any atom is -0.507 e. The number of para-hydroxylation sites is 1. The zero-order valence-electron chi connectivity index (χ0n) is 10.3. The number of hydrogen-bond donors (Lipinski definition) is 2. The van der Waals surface area contributed by atoms with Crippen molar-refractivity contribution in [2.45, 2.75) is 20.8 Å². The second kappa shape index (κ2) is 4.13. The largest absolute Gasteiger partial charge is 0.507 e. The summed E-state index contributed by atoms with van der Waals surface area (Å²) in [5.74, 6) is 0.469. The van der Waals surface area contributed by atoms with Crippen LogP contribution in [0.5, 0.6) is 11.5 Å². The zero-order chi connectivity index (χ0) is 12.6. The molecule has 2 aromatic carbocycles. The molecule has 0 bridgehead atoms. The lowest BCUT2D eigenvalue weighted by molar-refractivity contribution is 0.464. The van der Waals surface area contributed by atoms with Crippen LogP contribution in [0.2, 0.25) is 0 Å². The Morgan fingerprint density at radius 1 is 0.706 bits per heavy atom. The summed E-state index contributed by atoms with van der Waals surface area (Å²) >= 11 is 0. The van der Waals surface area contributed by atoms with Gasteiger partial charge in [0.2, 0.25) is 0 Å². The van der Waals surface area contributed by atoms with Gasteiger partial charge in [-0.2, -0.15) is 0 Å². The van der Waals surface area contributed by atoms with Gasteiger partial charge in [0.1, 0.15) is 11.5 Å². The molecule has 0 saturated carbocycles. The molecule has 2 nitrogen and oxygen atoms in total. The van der Waals surface area contributed by atoms with E-state index in [-0.39, 0.29) is 11.5 Å². The number of benzene rings is 2. The highest BCUT2D eigenvalue weighted by Gasteiger charge is 2.12. The molecule has 17 heavy (non-hydrogen) atoms. The average molecular weight is 228 g/mol. The predicted molar refractivity (Wildman–Crippen MR) is 69.4 cm³/mol. The van der Waals surface area contributed by atoms with Gasteiger partial charge in [-0.15, -0.1) is 0 Å². The highest BCUT2D eigenvalue weighted by atomic mass is 16.3. The van der Waals surface area contributed by atoms with Gasteiger partial charge in [0.05, 0.1) is 0 Å². The van der Waals surface area contributed by atoms with Crippen LogP contribution in [0.3, 0.4) is 0 Å². The van der Waals surface area contributed by atoms with E-state index < -0.39 is 0 Å². The van der Waals surface area contributed by atoms with Gasteiger partial charge >= 0.3 is 0 Å². The first kappa shape index (κ1) is 11.5. The standard InChI is InChI=1S/C15H16O2/c1-9-7-8-13(15(17)11(9)3)12-6-4-5-10(2)14(12)16/h4-8,16-17H,1-3H3. The molecule has 2 aromatic rings. The van der Waals surface area contributed by atoms with Gasteiger partial charge in [-0.3, -0.25) is 0 Å². The van der Waals surface area contributed by atoms with Gasteiger partial charge in [0, 0.05) is 11.1 Å². The Bertz CT molecular complexity index is 571. The molecule has 0 aliphatic heterocycles. The highest BCUT2D eigenvalue weighted by Crippen LogP contribution is 2.39. The summed E-state index contributed by atoms with van der Waals surface area (Å²) in [5.41, 5.74) is 4.04. The van der Waals surface area contributed by atoms with Crippen LogP contribution in [0.15, 0.2) is 30.3 Å². The minimum atomic E-state index is 0.228. The summed E-state index contributed by atoms with van der Waals surface area (Å²) < 4.78 is 0. The van der Waals surface area contributed by atoms with E-state index in [2.05, 4.69) is 0 Å². The fourth-order valence-corrected chi connectivity index (χ4v) is 1.89.